The Bertz CT molecular complexity index is 1120. The zero-order valence-corrected chi connectivity index (χ0v) is 18.0. The Morgan fingerprint density at radius 1 is 1.16 bits per heavy atom. The Morgan fingerprint density at radius 3 is 2.75 bits per heavy atom. The summed E-state index contributed by atoms with van der Waals surface area (Å²) in [6, 6.07) is 7.44. The highest BCUT2D eigenvalue weighted by Crippen LogP contribution is 2.37. The first-order valence-corrected chi connectivity index (χ1v) is 10.1. The number of nitrogens with one attached hydrogen (secondary N) is 2. The minimum Gasteiger partial charge on any atom is -0.486 e. The largest absolute Gasteiger partial charge is 0.486 e. The number of fused-ring (bicyclic) bond motifs is 1. The van der Waals surface area contributed by atoms with Crippen LogP contribution in [0.25, 0.3) is 0 Å². The number of amides is 1. The van der Waals surface area contributed by atoms with Gasteiger partial charge in [-0.2, -0.15) is 13.2 Å². The van der Waals surface area contributed by atoms with Gasteiger partial charge in [-0.3, -0.25) is 10.1 Å². The van der Waals surface area contributed by atoms with Gasteiger partial charge in [-0.1, -0.05) is 17.4 Å². The van der Waals surface area contributed by atoms with E-state index in [2.05, 4.69) is 20.8 Å². The molecule has 2 heterocycles. The Balaban J connectivity index is 0.00000289. The third-order valence-electron chi connectivity index (χ3n) is 4.64. The van der Waals surface area contributed by atoms with Gasteiger partial charge in [0.15, 0.2) is 5.01 Å². The number of benzene rings is 2. The molecule has 2 aromatic carbocycles. The summed E-state index contributed by atoms with van der Waals surface area (Å²) in [6.07, 6.45) is -3.86. The number of carbonyl (C=O) groups excluding carboxylic acids is 1. The summed E-state index contributed by atoms with van der Waals surface area (Å²) in [5.74, 6) is -1.86. The molecular weight excluding hydrogens is 472 g/mol. The molecule has 0 radical (unpaired) electrons. The van der Waals surface area contributed by atoms with Gasteiger partial charge >= 0.3 is 6.18 Å². The molecule has 1 aliphatic rings. The van der Waals surface area contributed by atoms with Crippen molar-refractivity contribution in [3.8, 4) is 5.75 Å². The topological polar surface area (TPSA) is 76.1 Å². The van der Waals surface area contributed by atoms with E-state index in [1.807, 2.05) is 12.1 Å². The number of aromatic nitrogens is 2. The van der Waals surface area contributed by atoms with E-state index in [1.54, 1.807) is 6.07 Å². The van der Waals surface area contributed by atoms with Crippen molar-refractivity contribution in [2.75, 3.05) is 11.9 Å². The number of alkyl halides is 3. The van der Waals surface area contributed by atoms with Crippen LogP contribution in [-0.2, 0) is 25.7 Å². The fraction of sp³-hybridized carbons (Fsp3) is 0.250. The summed E-state index contributed by atoms with van der Waals surface area (Å²) >= 11 is 0.957. The van der Waals surface area contributed by atoms with Gasteiger partial charge in [-0.05, 0) is 48.4 Å². The molecule has 32 heavy (non-hydrogen) atoms. The predicted molar refractivity (Wildman–Crippen MR) is 113 cm³/mol. The number of carbonyl (C=O) groups is 1. The van der Waals surface area contributed by atoms with Crippen molar-refractivity contribution in [2.45, 2.75) is 25.7 Å². The van der Waals surface area contributed by atoms with Crippen LogP contribution in [0, 0.1) is 5.82 Å². The van der Waals surface area contributed by atoms with Crippen LogP contribution in [-0.4, -0.2) is 22.6 Å². The maximum absolute atomic E-state index is 13.4. The van der Waals surface area contributed by atoms with Crippen molar-refractivity contribution in [1.29, 1.82) is 0 Å². The lowest BCUT2D eigenvalue weighted by atomic mass is 9.98. The minimum atomic E-state index is -4.69. The number of hydrogen-bond acceptors (Lipinski definition) is 6. The highest BCUT2D eigenvalue weighted by molar-refractivity contribution is 7.15. The van der Waals surface area contributed by atoms with Gasteiger partial charge in [0.25, 0.3) is 5.91 Å². The van der Waals surface area contributed by atoms with Crippen LogP contribution >= 0.6 is 23.7 Å². The van der Waals surface area contributed by atoms with Crippen molar-refractivity contribution in [3.63, 3.8) is 0 Å². The molecule has 0 unspecified atom stereocenters. The SMILES string of the molecule is Cl.O=C(Nc1nnc(COc2cc(F)ccc2C(F)(F)F)s1)c1ccc2c(c1)CCNC2. The quantitative estimate of drug-likeness (QED) is 0.514. The van der Waals surface area contributed by atoms with Gasteiger partial charge in [0.05, 0.1) is 5.56 Å². The van der Waals surface area contributed by atoms with Crippen molar-refractivity contribution in [2.24, 2.45) is 0 Å². The molecule has 0 aliphatic carbocycles. The molecule has 0 spiro atoms. The van der Waals surface area contributed by atoms with Gasteiger partial charge < -0.3 is 10.1 Å². The molecule has 170 valence electrons. The third-order valence-corrected chi connectivity index (χ3v) is 5.45. The van der Waals surface area contributed by atoms with E-state index in [1.165, 1.54) is 0 Å². The average Bonchev–Trinajstić information content (AvgIpc) is 3.18. The molecule has 1 aromatic heterocycles. The molecule has 12 heteroatoms. The Labute approximate surface area is 190 Å². The van der Waals surface area contributed by atoms with Crippen LogP contribution in [0.3, 0.4) is 0 Å². The molecule has 1 amide bonds. The van der Waals surface area contributed by atoms with Crippen molar-refractivity contribution < 1.29 is 27.1 Å². The number of rotatable bonds is 5. The molecule has 2 N–H and O–H groups in total. The molecular formula is C20H17ClF4N4O2S. The van der Waals surface area contributed by atoms with Crippen LogP contribution in [0.5, 0.6) is 5.75 Å². The normalized spacial score (nSPS) is 13.1. The van der Waals surface area contributed by atoms with E-state index in [9.17, 15) is 22.4 Å². The lowest BCUT2D eigenvalue weighted by molar-refractivity contribution is -0.139. The maximum Gasteiger partial charge on any atom is 0.419 e. The average molecular weight is 489 g/mol. The summed E-state index contributed by atoms with van der Waals surface area (Å²) in [4.78, 5) is 12.5. The number of hydrogen-bond donors (Lipinski definition) is 2. The molecule has 0 saturated carbocycles. The van der Waals surface area contributed by atoms with Gasteiger partial charge in [-0.15, -0.1) is 22.6 Å². The minimum absolute atomic E-state index is 0. The maximum atomic E-state index is 13.4. The van der Waals surface area contributed by atoms with E-state index in [0.29, 0.717) is 23.8 Å². The van der Waals surface area contributed by atoms with E-state index in [0.717, 1.165) is 42.0 Å². The first-order chi connectivity index (χ1) is 14.8. The highest BCUT2D eigenvalue weighted by atomic mass is 35.5. The molecule has 0 bridgehead atoms. The fourth-order valence-electron chi connectivity index (χ4n) is 3.14. The van der Waals surface area contributed by atoms with E-state index in [4.69, 9.17) is 4.74 Å². The van der Waals surface area contributed by atoms with Gasteiger partial charge in [0.2, 0.25) is 5.13 Å². The van der Waals surface area contributed by atoms with E-state index < -0.39 is 23.3 Å². The van der Waals surface area contributed by atoms with E-state index >= 15 is 0 Å². The smallest absolute Gasteiger partial charge is 0.419 e. The summed E-state index contributed by atoms with van der Waals surface area (Å²) in [6.45, 7) is 1.25. The molecule has 0 fully saturated rings. The van der Waals surface area contributed by atoms with Gasteiger partial charge in [0, 0.05) is 18.2 Å². The highest BCUT2D eigenvalue weighted by Gasteiger charge is 2.34. The van der Waals surface area contributed by atoms with Crippen LogP contribution in [0.4, 0.5) is 22.7 Å². The summed E-state index contributed by atoms with van der Waals surface area (Å²) < 4.78 is 57.6. The molecule has 0 atom stereocenters. The predicted octanol–water partition coefficient (Wildman–Crippen LogP) is 4.59. The fourth-order valence-corrected chi connectivity index (χ4v) is 3.79. The monoisotopic (exact) mass is 488 g/mol. The van der Waals surface area contributed by atoms with Crippen molar-refractivity contribution >= 4 is 34.8 Å². The number of nitrogens with zero attached hydrogens (tertiary/aromatic N) is 2. The lowest BCUT2D eigenvalue weighted by Crippen LogP contribution is -2.24. The second-order valence-electron chi connectivity index (χ2n) is 6.79. The lowest BCUT2D eigenvalue weighted by Gasteiger charge is -2.17. The first-order valence-electron chi connectivity index (χ1n) is 9.25. The van der Waals surface area contributed by atoms with Crippen molar-refractivity contribution in [3.05, 3.63) is 69.5 Å². The number of anilines is 1. The molecule has 6 nitrogen and oxygen atoms in total. The Kier molecular flexibility index (Phi) is 7.32. The summed E-state index contributed by atoms with van der Waals surface area (Å²) in [7, 11) is 0. The summed E-state index contributed by atoms with van der Waals surface area (Å²) in [5, 5.41) is 13.9. The van der Waals surface area contributed by atoms with Crippen molar-refractivity contribution in [1.82, 2.24) is 15.5 Å². The third kappa shape index (κ3) is 5.53. The van der Waals surface area contributed by atoms with Crippen LogP contribution < -0.4 is 15.4 Å². The molecule has 0 saturated heterocycles. The van der Waals surface area contributed by atoms with Crippen LogP contribution in [0.2, 0.25) is 0 Å². The molecule has 3 aromatic rings. The Morgan fingerprint density at radius 2 is 1.97 bits per heavy atom. The van der Waals surface area contributed by atoms with Gasteiger partial charge in [-0.25, -0.2) is 4.39 Å². The second-order valence-corrected chi connectivity index (χ2v) is 7.85. The Hall–Kier alpha value is -2.76. The number of halogens is 5. The van der Waals surface area contributed by atoms with Gasteiger partial charge in [0.1, 0.15) is 18.2 Å². The first kappa shape index (κ1) is 23.9. The summed E-state index contributed by atoms with van der Waals surface area (Å²) in [5.41, 5.74) is 1.64. The van der Waals surface area contributed by atoms with Crippen LogP contribution in [0.15, 0.2) is 36.4 Å². The molecule has 1 aliphatic heterocycles. The zero-order chi connectivity index (χ0) is 22.0. The number of ether oxygens (including phenoxy) is 1. The second kappa shape index (κ2) is 9.80. The van der Waals surface area contributed by atoms with Crippen LogP contribution in [0.1, 0.15) is 32.1 Å². The zero-order valence-electron chi connectivity index (χ0n) is 16.3. The standard InChI is InChI=1S/C20H16F4N4O2S.ClH/c21-14-3-4-15(20(22,23)24)16(8-14)30-10-17-27-28-19(31-17)26-18(29)12-1-2-13-9-25-6-5-11(13)7-12;/h1-4,7-8,25H,5-6,9-10H2,(H,26,28,29);1H. The molecule has 4 rings (SSSR count). The van der Waals surface area contributed by atoms with E-state index in [-0.39, 0.29) is 35.1 Å².